The van der Waals surface area contributed by atoms with Gasteiger partial charge in [0.05, 0.1) is 30.8 Å². The number of guanidine groups is 2. The van der Waals surface area contributed by atoms with Crippen LogP contribution < -0.4 is 32.7 Å². The number of hydrogen-bond acceptors (Lipinski definition) is 16. The minimum atomic E-state index is -2.03. The molecule has 0 aromatic carbocycles. The van der Waals surface area contributed by atoms with E-state index in [1.807, 2.05) is 0 Å². The molecule has 1 amide bonds. The number of amides is 1. The molecule has 0 aromatic rings. The summed E-state index contributed by atoms with van der Waals surface area (Å²) in [4.78, 5) is 12.3. The van der Waals surface area contributed by atoms with Crippen LogP contribution in [0.2, 0.25) is 0 Å². The van der Waals surface area contributed by atoms with Crippen molar-refractivity contribution in [3.05, 3.63) is 0 Å². The smallest absolute Gasteiger partial charge is 0.410 e. The van der Waals surface area contributed by atoms with Gasteiger partial charge in [0.15, 0.2) is 36.8 Å². The molecule has 4 aliphatic rings. The molecule has 0 bridgehead atoms. The normalized spacial score (nSPS) is 48.0. The van der Waals surface area contributed by atoms with Crippen LogP contribution in [0.4, 0.5) is 4.79 Å². The fourth-order valence-electron chi connectivity index (χ4n) is 5.99. The molecule has 0 unspecified atom stereocenters. The number of aliphatic hydroxyl groups is 7. The van der Waals surface area contributed by atoms with E-state index in [1.165, 1.54) is 14.0 Å². The van der Waals surface area contributed by atoms with Gasteiger partial charge >= 0.3 is 6.09 Å². The van der Waals surface area contributed by atoms with Crippen LogP contribution in [0, 0.1) is 10.8 Å². The zero-order valence-corrected chi connectivity index (χ0v) is 23.1. The lowest BCUT2D eigenvalue weighted by atomic mass is 9.81. The Morgan fingerprint density at radius 2 is 1.51 bits per heavy atom. The molecule has 1 saturated carbocycles. The van der Waals surface area contributed by atoms with E-state index in [4.69, 9.17) is 46.0 Å². The highest BCUT2D eigenvalue weighted by Gasteiger charge is 2.69. The second-order valence-corrected chi connectivity index (χ2v) is 10.8. The summed E-state index contributed by atoms with van der Waals surface area (Å²) in [6.07, 6.45) is -20.1. The Balaban J connectivity index is 1.70. The fraction of sp³-hybridized carbons (Fsp3) is 0.864. The quantitative estimate of drug-likeness (QED) is 0.0880. The molecule has 17 N–H and O–H groups in total. The highest BCUT2D eigenvalue weighted by molar-refractivity contribution is 5.76. The van der Waals surface area contributed by atoms with Crippen molar-refractivity contribution < 1.29 is 64.2 Å². The van der Waals surface area contributed by atoms with Crippen molar-refractivity contribution in [1.82, 2.24) is 21.3 Å². The molecule has 1 spiro atoms. The first-order valence-corrected chi connectivity index (χ1v) is 13.4. The van der Waals surface area contributed by atoms with Gasteiger partial charge in [-0.3, -0.25) is 16.1 Å². The number of hydrogen-bond donors (Lipinski definition) is 15. The second-order valence-electron chi connectivity index (χ2n) is 10.8. The number of rotatable bonds is 8. The number of nitrogens with two attached hydrogens (primary N) is 2. The maximum absolute atomic E-state index is 12.3. The summed E-state index contributed by atoms with van der Waals surface area (Å²) < 4.78 is 29.2. The van der Waals surface area contributed by atoms with Gasteiger partial charge in [-0.25, -0.2) is 4.79 Å². The standard InChI is InChI=1S/C22H40N8O13/c1-4-22(18(37)30-21(38)43-22)15(42-16-8(27-2)12(35)9(32)5(3-31)40-16)17(39-4)41-14-7(29-20(25)26)10(33)6(28-19(23)24)11(34)13(14)36/h4-18,27,31-37H,3H2,1-2H3,(H,30,38)(H4,23,24,28)(H4,25,26,29)/t4-,5-,6+,7-,8-,9-,10+,11-,12-,13+,14+,15-,16-,17-,18+,22+/m0/s1. The minimum absolute atomic E-state index is 0.635. The van der Waals surface area contributed by atoms with E-state index in [2.05, 4.69) is 21.3 Å². The maximum Gasteiger partial charge on any atom is 0.410 e. The van der Waals surface area contributed by atoms with Gasteiger partial charge in [0.2, 0.25) is 5.60 Å². The number of alkyl carbamates (subject to hydrolysis) is 1. The first-order valence-electron chi connectivity index (χ1n) is 13.4. The third kappa shape index (κ3) is 5.91. The van der Waals surface area contributed by atoms with Gasteiger partial charge in [0.1, 0.15) is 42.7 Å². The lowest BCUT2D eigenvalue weighted by Crippen LogP contribution is -2.73. The highest BCUT2D eigenvalue weighted by Crippen LogP contribution is 2.44. The molecule has 0 aromatic heterocycles. The second kappa shape index (κ2) is 12.7. The third-order valence-electron chi connectivity index (χ3n) is 8.19. The average molecular weight is 625 g/mol. The maximum atomic E-state index is 12.3. The monoisotopic (exact) mass is 624 g/mol. The van der Waals surface area contributed by atoms with Gasteiger partial charge < -0.3 is 86.8 Å². The van der Waals surface area contributed by atoms with E-state index >= 15 is 0 Å². The van der Waals surface area contributed by atoms with Crippen molar-refractivity contribution in [2.24, 2.45) is 11.5 Å². The Kier molecular flexibility index (Phi) is 9.85. The Hall–Kier alpha value is -2.67. The van der Waals surface area contributed by atoms with Gasteiger partial charge in [-0.1, -0.05) is 0 Å². The summed E-state index contributed by atoms with van der Waals surface area (Å²) in [5.74, 6) is -1.30. The van der Waals surface area contributed by atoms with Crippen molar-refractivity contribution in [2.75, 3.05) is 13.7 Å². The van der Waals surface area contributed by atoms with E-state index in [1.54, 1.807) is 0 Å². The number of carbonyl (C=O) groups excluding carboxylic acids is 1. The van der Waals surface area contributed by atoms with Crippen molar-refractivity contribution in [3.63, 3.8) is 0 Å². The average Bonchev–Trinajstić information content (AvgIpc) is 3.38. The summed E-state index contributed by atoms with van der Waals surface area (Å²) in [6.45, 7) is 0.697. The van der Waals surface area contributed by atoms with Crippen molar-refractivity contribution in [1.29, 1.82) is 10.8 Å². The third-order valence-corrected chi connectivity index (χ3v) is 8.19. The van der Waals surface area contributed by atoms with E-state index in [9.17, 15) is 40.5 Å². The fourth-order valence-corrected chi connectivity index (χ4v) is 5.99. The van der Waals surface area contributed by atoms with Gasteiger partial charge in [0, 0.05) is 0 Å². The molecule has 4 rings (SSSR count). The SMILES string of the molecule is CN[C@@H]1[C@H](O[C@H]2[C@H](O[C@H]3[C@H](O)[C@@H](O)[C@H](NC(=N)N)[C@@H](O)[C@@H]3NC(=N)N)O[C@@H](C)[C@@]23OC(=O)N[C@@H]3O)O[C@@H](CO)[C@H](O)[C@H]1O. The Bertz CT molecular complexity index is 1050. The minimum Gasteiger partial charge on any atom is -0.432 e. The molecule has 3 saturated heterocycles. The van der Waals surface area contributed by atoms with Crippen LogP contribution in [-0.4, -0.2) is 165 Å². The van der Waals surface area contributed by atoms with Crippen LogP contribution in [0.5, 0.6) is 0 Å². The van der Waals surface area contributed by atoms with Crippen molar-refractivity contribution in [2.45, 2.75) is 104 Å². The number of carbonyl (C=O) groups is 1. The van der Waals surface area contributed by atoms with Crippen LogP contribution in [0.15, 0.2) is 0 Å². The zero-order valence-electron chi connectivity index (χ0n) is 23.1. The Morgan fingerprint density at radius 1 is 0.907 bits per heavy atom. The van der Waals surface area contributed by atoms with Crippen LogP contribution in [-0.2, 0) is 23.7 Å². The van der Waals surface area contributed by atoms with E-state index in [-0.39, 0.29) is 0 Å². The molecule has 16 atom stereocenters. The topological polar surface area (TPSA) is 353 Å². The molecule has 3 heterocycles. The van der Waals surface area contributed by atoms with Crippen LogP contribution in [0.1, 0.15) is 6.92 Å². The molecule has 21 nitrogen and oxygen atoms in total. The lowest BCUT2D eigenvalue weighted by molar-refractivity contribution is -0.318. The van der Waals surface area contributed by atoms with Gasteiger partial charge in [-0.2, -0.15) is 0 Å². The Labute approximate surface area is 244 Å². The molecule has 4 fully saturated rings. The number of nitrogens with one attached hydrogen (secondary N) is 6. The van der Waals surface area contributed by atoms with Gasteiger partial charge in [-0.05, 0) is 14.0 Å². The zero-order chi connectivity index (χ0) is 32.0. The molecule has 0 radical (unpaired) electrons. The summed E-state index contributed by atoms with van der Waals surface area (Å²) in [5.41, 5.74) is 8.82. The van der Waals surface area contributed by atoms with Gasteiger partial charge in [-0.15, -0.1) is 0 Å². The predicted molar refractivity (Wildman–Crippen MR) is 139 cm³/mol. The number of ether oxygens (including phenoxy) is 5. The molecule has 1 aliphatic carbocycles. The highest BCUT2D eigenvalue weighted by atomic mass is 16.8. The first-order chi connectivity index (χ1) is 20.2. The Morgan fingerprint density at radius 3 is 2.05 bits per heavy atom. The van der Waals surface area contributed by atoms with Gasteiger partial charge in [0.25, 0.3) is 0 Å². The molecule has 246 valence electrons. The van der Waals surface area contributed by atoms with E-state index in [0.29, 0.717) is 0 Å². The number of aliphatic hydroxyl groups excluding tert-OH is 7. The molecular formula is C22H40N8O13. The summed E-state index contributed by atoms with van der Waals surface area (Å²) in [6, 6.07) is -3.99. The lowest BCUT2D eigenvalue weighted by Gasteiger charge is -2.47. The van der Waals surface area contributed by atoms with Crippen molar-refractivity contribution >= 4 is 18.0 Å². The molecular weight excluding hydrogens is 584 g/mol. The predicted octanol–water partition coefficient (Wildman–Crippen LogP) is -7.87. The van der Waals surface area contributed by atoms with E-state index < -0.39 is 122 Å². The van der Waals surface area contributed by atoms with E-state index in [0.717, 1.165) is 0 Å². The van der Waals surface area contributed by atoms with Crippen molar-refractivity contribution in [3.8, 4) is 0 Å². The largest absolute Gasteiger partial charge is 0.432 e. The number of likely N-dealkylation sites (N-methyl/N-ethyl adjacent to an activating group) is 1. The first kappa shape index (κ1) is 33.2. The summed E-state index contributed by atoms with van der Waals surface area (Å²) in [5, 5.41) is 99.3. The summed E-state index contributed by atoms with van der Waals surface area (Å²) >= 11 is 0. The molecule has 3 aliphatic heterocycles. The van der Waals surface area contributed by atoms with Crippen LogP contribution in [0.25, 0.3) is 0 Å². The van der Waals surface area contributed by atoms with Crippen LogP contribution >= 0.6 is 0 Å². The molecule has 43 heavy (non-hydrogen) atoms. The van der Waals surface area contributed by atoms with Crippen LogP contribution in [0.3, 0.4) is 0 Å². The summed E-state index contributed by atoms with van der Waals surface area (Å²) in [7, 11) is 1.42. The molecule has 21 heteroatoms.